The van der Waals surface area contributed by atoms with E-state index in [1.165, 1.54) is 30.1 Å². The third-order valence-electron chi connectivity index (χ3n) is 5.34. The minimum absolute atomic E-state index is 0.291. The summed E-state index contributed by atoms with van der Waals surface area (Å²) in [5.41, 5.74) is -0.461. The van der Waals surface area contributed by atoms with Gasteiger partial charge in [-0.3, -0.25) is 9.99 Å². The van der Waals surface area contributed by atoms with Gasteiger partial charge in [0.25, 0.3) is 0 Å². The van der Waals surface area contributed by atoms with E-state index in [1.54, 1.807) is 12.1 Å². The van der Waals surface area contributed by atoms with Crippen LogP contribution in [0.25, 0.3) is 11.3 Å². The van der Waals surface area contributed by atoms with Gasteiger partial charge < -0.3 is 0 Å². The molecule has 0 saturated carbocycles. The maximum Gasteiger partial charge on any atom is 0.459 e. The van der Waals surface area contributed by atoms with Crippen molar-refractivity contribution in [3.8, 4) is 11.3 Å². The molecular weight excluding hydrogens is 483 g/mol. The number of anilines is 1. The van der Waals surface area contributed by atoms with Crippen molar-refractivity contribution in [3.63, 3.8) is 0 Å². The van der Waals surface area contributed by atoms with Crippen molar-refractivity contribution in [2.75, 3.05) is 11.3 Å². The fourth-order valence-corrected chi connectivity index (χ4v) is 3.99. The minimum Gasteiger partial charge on any atom is -0.256 e. The molecule has 0 saturated heterocycles. The molecule has 0 amide bonds. The summed E-state index contributed by atoms with van der Waals surface area (Å²) >= 11 is 1.53. The molecule has 3 aromatic rings. The Hall–Kier alpha value is -3.08. The highest BCUT2D eigenvalue weighted by molar-refractivity contribution is 7.98. The quantitative estimate of drug-likeness (QED) is 0.273. The molecule has 0 bridgehead atoms. The summed E-state index contributed by atoms with van der Waals surface area (Å²) in [7, 11) is 0. The number of benzene rings is 2. The van der Waals surface area contributed by atoms with Gasteiger partial charge in [-0.25, -0.2) is 8.78 Å². The van der Waals surface area contributed by atoms with Crippen LogP contribution in [0, 0.1) is 11.6 Å². The fourth-order valence-electron chi connectivity index (χ4n) is 3.59. The molecule has 2 heterocycles. The summed E-state index contributed by atoms with van der Waals surface area (Å²) in [6, 6.07) is 11.4. The van der Waals surface area contributed by atoms with Crippen LogP contribution in [0.5, 0.6) is 0 Å². The Morgan fingerprint density at radius 1 is 0.941 bits per heavy atom. The minimum atomic E-state index is -5.88. The highest BCUT2D eigenvalue weighted by Gasteiger charge is 2.63. The normalized spacial score (nSPS) is 16.6. The fraction of sp³-hybridized carbons (Fsp3) is 0.217. The molecule has 1 unspecified atom stereocenters. The van der Waals surface area contributed by atoms with Gasteiger partial charge >= 0.3 is 12.1 Å². The van der Waals surface area contributed by atoms with Gasteiger partial charge in [0.2, 0.25) is 0 Å². The van der Waals surface area contributed by atoms with Gasteiger partial charge in [0.1, 0.15) is 11.5 Å². The SMILES string of the molecule is CSc1ccc(-c2cc(C3CC(C(F)(F)C(F)(F)F)=NN3c3ccc(F)cc3F)ccn2)cc1. The van der Waals surface area contributed by atoms with Crippen molar-refractivity contribution in [2.45, 2.75) is 29.5 Å². The molecule has 0 fully saturated rings. The number of halogens is 7. The van der Waals surface area contributed by atoms with Crippen LogP contribution in [0.3, 0.4) is 0 Å². The average Bonchev–Trinajstić information content (AvgIpc) is 3.24. The summed E-state index contributed by atoms with van der Waals surface area (Å²) in [6.07, 6.45) is -3.41. The van der Waals surface area contributed by atoms with Crippen LogP contribution in [0.2, 0.25) is 0 Å². The second-order valence-corrected chi connectivity index (χ2v) is 8.36. The van der Waals surface area contributed by atoms with E-state index in [2.05, 4.69) is 10.1 Å². The van der Waals surface area contributed by atoms with Crippen LogP contribution in [-0.2, 0) is 0 Å². The van der Waals surface area contributed by atoms with Gasteiger partial charge in [-0.15, -0.1) is 11.8 Å². The van der Waals surface area contributed by atoms with E-state index in [0.717, 1.165) is 22.0 Å². The van der Waals surface area contributed by atoms with Crippen LogP contribution < -0.4 is 5.01 Å². The third-order valence-corrected chi connectivity index (χ3v) is 6.08. The topological polar surface area (TPSA) is 28.5 Å². The first-order valence-electron chi connectivity index (χ1n) is 9.88. The number of hydrogen-bond donors (Lipinski definition) is 0. The smallest absolute Gasteiger partial charge is 0.256 e. The molecule has 4 rings (SSSR count). The second kappa shape index (κ2) is 8.94. The van der Waals surface area contributed by atoms with Crippen LogP contribution in [0.1, 0.15) is 18.0 Å². The van der Waals surface area contributed by atoms with Gasteiger partial charge in [-0.2, -0.15) is 27.1 Å². The van der Waals surface area contributed by atoms with E-state index in [-0.39, 0.29) is 0 Å². The number of aromatic nitrogens is 1. The molecule has 1 aromatic heterocycles. The van der Waals surface area contributed by atoms with Crippen LogP contribution in [0.15, 0.2) is 70.8 Å². The van der Waals surface area contributed by atoms with E-state index in [9.17, 15) is 30.7 Å². The number of hydrogen-bond acceptors (Lipinski definition) is 4. The summed E-state index contributed by atoms with van der Waals surface area (Å²) in [6.45, 7) is 0. The molecule has 0 aliphatic carbocycles. The molecule has 1 atom stereocenters. The summed E-state index contributed by atoms with van der Waals surface area (Å²) in [5.74, 6) is -7.30. The number of rotatable bonds is 5. The maximum absolute atomic E-state index is 14.5. The summed E-state index contributed by atoms with van der Waals surface area (Å²) < 4.78 is 95.3. The lowest BCUT2D eigenvalue weighted by atomic mass is 9.97. The van der Waals surface area contributed by atoms with Crippen molar-refractivity contribution >= 4 is 23.2 Å². The highest BCUT2D eigenvalue weighted by atomic mass is 32.2. The lowest BCUT2D eigenvalue weighted by molar-refractivity contribution is -0.249. The third kappa shape index (κ3) is 4.48. The molecule has 0 N–H and O–H groups in total. The van der Waals surface area contributed by atoms with Crippen molar-refractivity contribution < 1.29 is 30.7 Å². The first-order chi connectivity index (χ1) is 16.0. The largest absolute Gasteiger partial charge is 0.459 e. The van der Waals surface area contributed by atoms with E-state index < -0.39 is 47.6 Å². The Kier molecular flexibility index (Phi) is 6.32. The van der Waals surface area contributed by atoms with Gasteiger partial charge in [0, 0.05) is 29.1 Å². The van der Waals surface area contributed by atoms with Crippen LogP contribution in [-0.4, -0.2) is 29.1 Å². The lowest BCUT2D eigenvalue weighted by Gasteiger charge is -2.24. The predicted octanol–water partition coefficient (Wildman–Crippen LogP) is 7.25. The monoisotopic (exact) mass is 499 g/mol. The molecular formula is C23H16F7N3S. The predicted molar refractivity (Wildman–Crippen MR) is 116 cm³/mol. The van der Waals surface area contributed by atoms with Gasteiger partial charge in [-0.05, 0) is 48.2 Å². The van der Waals surface area contributed by atoms with Crippen LogP contribution >= 0.6 is 11.8 Å². The highest BCUT2D eigenvalue weighted by Crippen LogP contribution is 2.45. The van der Waals surface area contributed by atoms with Gasteiger partial charge in [0.05, 0.1) is 17.4 Å². The molecule has 0 spiro atoms. The first-order valence-corrected chi connectivity index (χ1v) is 11.1. The van der Waals surface area contributed by atoms with Gasteiger partial charge in [0.15, 0.2) is 5.82 Å². The number of nitrogens with zero attached hydrogens (tertiary/aromatic N) is 3. The number of pyridine rings is 1. The molecule has 34 heavy (non-hydrogen) atoms. The number of thioether (sulfide) groups is 1. The Bertz CT molecular complexity index is 1230. The Labute approximate surface area is 194 Å². The lowest BCUT2D eigenvalue weighted by Crippen LogP contribution is -2.43. The zero-order valence-electron chi connectivity index (χ0n) is 17.5. The van der Waals surface area contributed by atoms with Crippen LogP contribution in [0.4, 0.5) is 36.4 Å². The van der Waals surface area contributed by atoms with E-state index in [4.69, 9.17) is 0 Å². The molecule has 178 valence electrons. The number of alkyl halides is 5. The maximum atomic E-state index is 14.5. The Balaban J connectivity index is 1.77. The molecule has 1 aliphatic heterocycles. The zero-order valence-corrected chi connectivity index (χ0v) is 18.3. The second-order valence-electron chi connectivity index (χ2n) is 7.48. The summed E-state index contributed by atoms with van der Waals surface area (Å²) in [5, 5.41) is 4.20. The van der Waals surface area contributed by atoms with E-state index in [0.29, 0.717) is 22.9 Å². The van der Waals surface area contributed by atoms with Crippen molar-refractivity contribution in [3.05, 3.63) is 78.0 Å². The molecule has 3 nitrogen and oxygen atoms in total. The van der Waals surface area contributed by atoms with E-state index >= 15 is 0 Å². The zero-order chi connectivity index (χ0) is 24.7. The molecule has 1 aliphatic rings. The standard InChI is InChI=1S/C23H16F7N3S/c1-34-16-5-2-13(3-6-16)18-10-14(8-9-31-18)20-12-21(22(26,27)23(28,29)30)32-33(20)19-7-4-15(24)11-17(19)25/h2-11,20H,12H2,1H3. The van der Waals surface area contributed by atoms with Crippen molar-refractivity contribution in [1.82, 2.24) is 4.98 Å². The molecule has 2 aromatic carbocycles. The summed E-state index contributed by atoms with van der Waals surface area (Å²) in [4.78, 5) is 5.26. The number of hydrazone groups is 1. The van der Waals surface area contributed by atoms with E-state index in [1.807, 2.05) is 18.4 Å². The molecule has 11 heteroatoms. The average molecular weight is 499 g/mol. The molecule has 0 radical (unpaired) electrons. The Morgan fingerprint density at radius 3 is 2.26 bits per heavy atom. The van der Waals surface area contributed by atoms with Gasteiger partial charge in [-0.1, -0.05) is 12.1 Å². The Morgan fingerprint density at radius 2 is 1.65 bits per heavy atom. The van der Waals surface area contributed by atoms with Crippen molar-refractivity contribution in [2.24, 2.45) is 5.10 Å². The first kappa shape index (κ1) is 24.1. The van der Waals surface area contributed by atoms with Crippen molar-refractivity contribution in [1.29, 1.82) is 0 Å².